The van der Waals surface area contributed by atoms with Gasteiger partial charge in [-0.2, -0.15) is 0 Å². The standard InChI is InChI=1S/C13H23N3O2/c14-13(18)10-3-5-11(6-4-10)15-8-12(17)16-7-9-1-2-9/h9-11,15H,1-8H2,(H2,14,18)(H,16,17). The van der Waals surface area contributed by atoms with Crippen LogP contribution >= 0.6 is 0 Å². The molecule has 2 fully saturated rings. The first-order valence-corrected chi connectivity index (χ1v) is 6.94. The van der Waals surface area contributed by atoms with Gasteiger partial charge < -0.3 is 16.4 Å². The fourth-order valence-electron chi connectivity index (χ4n) is 2.46. The van der Waals surface area contributed by atoms with Crippen LogP contribution in [0.15, 0.2) is 0 Å². The Labute approximate surface area is 108 Å². The molecule has 0 bridgehead atoms. The van der Waals surface area contributed by atoms with Gasteiger partial charge in [0.1, 0.15) is 0 Å². The van der Waals surface area contributed by atoms with Gasteiger partial charge >= 0.3 is 0 Å². The average Bonchev–Trinajstić information content (AvgIpc) is 3.18. The summed E-state index contributed by atoms with van der Waals surface area (Å²) in [5, 5.41) is 6.20. The Morgan fingerprint density at radius 2 is 1.72 bits per heavy atom. The molecule has 18 heavy (non-hydrogen) atoms. The maximum absolute atomic E-state index is 11.5. The molecule has 0 aromatic rings. The normalized spacial score (nSPS) is 27.8. The van der Waals surface area contributed by atoms with E-state index < -0.39 is 0 Å². The highest BCUT2D eigenvalue weighted by Gasteiger charge is 2.25. The number of amides is 2. The van der Waals surface area contributed by atoms with Crippen LogP contribution in [0, 0.1) is 11.8 Å². The molecule has 0 saturated heterocycles. The second kappa shape index (κ2) is 6.18. The van der Waals surface area contributed by atoms with E-state index in [2.05, 4.69) is 10.6 Å². The molecule has 4 N–H and O–H groups in total. The average molecular weight is 253 g/mol. The number of nitrogens with two attached hydrogens (primary N) is 1. The topological polar surface area (TPSA) is 84.2 Å². The first-order chi connectivity index (χ1) is 8.65. The van der Waals surface area contributed by atoms with E-state index in [4.69, 9.17) is 5.73 Å². The zero-order valence-corrected chi connectivity index (χ0v) is 10.8. The first kappa shape index (κ1) is 13.3. The van der Waals surface area contributed by atoms with E-state index in [1.54, 1.807) is 0 Å². The number of hydrogen-bond acceptors (Lipinski definition) is 3. The van der Waals surface area contributed by atoms with Crippen molar-refractivity contribution in [2.45, 2.75) is 44.6 Å². The number of carbonyl (C=O) groups excluding carboxylic acids is 2. The van der Waals surface area contributed by atoms with Gasteiger partial charge in [-0.1, -0.05) is 0 Å². The molecule has 0 atom stereocenters. The summed E-state index contributed by atoms with van der Waals surface area (Å²) in [4.78, 5) is 22.6. The third kappa shape index (κ3) is 4.29. The van der Waals surface area contributed by atoms with Crippen LogP contribution < -0.4 is 16.4 Å². The number of rotatable bonds is 6. The van der Waals surface area contributed by atoms with Crippen LogP contribution in [0.4, 0.5) is 0 Å². The Hall–Kier alpha value is -1.10. The van der Waals surface area contributed by atoms with E-state index in [0.717, 1.165) is 38.1 Å². The van der Waals surface area contributed by atoms with Gasteiger partial charge in [-0.15, -0.1) is 0 Å². The lowest BCUT2D eigenvalue weighted by Crippen LogP contribution is -2.42. The lowest BCUT2D eigenvalue weighted by Gasteiger charge is -2.27. The zero-order valence-electron chi connectivity index (χ0n) is 10.8. The predicted molar refractivity (Wildman–Crippen MR) is 68.7 cm³/mol. The molecule has 0 unspecified atom stereocenters. The fourth-order valence-corrected chi connectivity index (χ4v) is 2.46. The fraction of sp³-hybridized carbons (Fsp3) is 0.846. The number of primary amides is 1. The molecule has 0 spiro atoms. The number of nitrogens with one attached hydrogen (secondary N) is 2. The van der Waals surface area contributed by atoms with Gasteiger partial charge in [0.15, 0.2) is 0 Å². The Balaban J connectivity index is 1.56. The van der Waals surface area contributed by atoms with Gasteiger partial charge in [0.2, 0.25) is 11.8 Å². The zero-order chi connectivity index (χ0) is 13.0. The summed E-state index contributed by atoms with van der Waals surface area (Å²) in [5.74, 6) is 0.654. The van der Waals surface area contributed by atoms with E-state index in [-0.39, 0.29) is 17.7 Å². The maximum atomic E-state index is 11.5. The molecule has 2 rings (SSSR count). The Morgan fingerprint density at radius 1 is 1.06 bits per heavy atom. The summed E-state index contributed by atoms with van der Waals surface area (Å²) in [7, 11) is 0. The Bertz CT molecular complexity index is 307. The molecular formula is C13H23N3O2. The minimum atomic E-state index is -0.185. The van der Waals surface area contributed by atoms with Crippen molar-refractivity contribution in [1.82, 2.24) is 10.6 Å². The lowest BCUT2D eigenvalue weighted by molar-refractivity contribution is -0.123. The van der Waals surface area contributed by atoms with Crippen molar-refractivity contribution in [3.8, 4) is 0 Å². The quantitative estimate of drug-likeness (QED) is 0.630. The largest absolute Gasteiger partial charge is 0.369 e. The van der Waals surface area contributed by atoms with Crippen LogP contribution in [0.1, 0.15) is 38.5 Å². The molecule has 5 heteroatoms. The summed E-state index contributed by atoms with van der Waals surface area (Å²) in [5.41, 5.74) is 5.29. The Morgan fingerprint density at radius 3 is 2.28 bits per heavy atom. The van der Waals surface area contributed by atoms with Crippen molar-refractivity contribution in [3.63, 3.8) is 0 Å². The van der Waals surface area contributed by atoms with Crippen molar-refractivity contribution in [2.24, 2.45) is 17.6 Å². The van der Waals surface area contributed by atoms with Crippen LogP contribution in [0.5, 0.6) is 0 Å². The van der Waals surface area contributed by atoms with Crippen LogP contribution in [-0.4, -0.2) is 30.9 Å². The molecule has 102 valence electrons. The van der Waals surface area contributed by atoms with Gasteiger partial charge in [0.25, 0.3) is 0 Å². The van der Waals surface area contributed by atoms with E-state index in [1.165, 1.54) is 12.8 Å². The molecule has 0 aromatic heterocycles. The van der Waals surface area contributed by atoms with Crippen LogP contribution in [0.2, 0.25) is 0 Å². The molecule has 2 amide bonds. The van der Waals surface area contributed by atoms with Gasteiger partial charge in [0, 0.05) is 18.5 Å². The summed E-state index contributed by atoms with van der Waals surface area (Å²) < 4.78 is 0. The minimum Gasteiger partial charge on any atom is -0.369 e. The van der Waals surface area contributed by atoms with Crippen LogP contribution in [-0.2, 0) is 9.59 Å². The van der Waals surface area contributed by atoms with Crippen molar-refractivity contribution in [2.75, 3.05) is 13.1 Å². The highest BCUT2D eigenvalue weighted by molar-refractivity contribution is 5.78. The molecule has 0 aliphatic heterocycles. The summed E-state index contributed by atoms with van der Waals surface area (Å²) in [6.07, 6.45) is 6.07. The summed E-state index contributed by atoms with van der Waals surface area (Å²) in [6.45, 7) is 1.22. The summed E-state index contributed by atoms with van der Waals surface area (Å²) in [6, 6.07) is 0.354. The maximum Gasteiger partial charge on any atom is 0.233 e. The SMILES string of the molecule is NC(=O)C1CCC(NCC(=O)NCC2CC2)CC1. The third-order valence-electron chi connectivity index (χ3n) is 3.97. The Kier molecular flexibility index (Phi) is 4.58. The second-order valence-electron chi connectivity index (χ2n) is 5.58. The lowest BCUT2D eigenvalue weighted by atomic mass is 9.85. The van der Waals surface area contributed by atoms with Gasteiger partial charge in [0.05, 0.1) is 6.54 Å². The monoisotopic (exact) mass is 253 g/mol. The van der Waals surface area contributed by atoms with E-state index in [0.29, 0.717) is 12.6 Å². The van der Waals surface area contributed by atoms with E-state index in [9.17, 15) is 9.59 Å². The summed E-state index contributed by atoms with van der Waals surface area (Å²) >= 11 is 0. The molecule has 2 aliphatic rings. The third-order valence-corrected chi connectivity index (χ3v) is 3.97. The highest BCUT2D eigenvalue weighted by Crippen LogP contribution is 2.27. The van der Waals surface area contributed by atoms with Gasteiger partial charge in [-0.05, 0) is 44.4 Å². The van der Waals surface area contributed by atoms with E-state index >= 15 is 0 Å². The van der Waals surface area contributed by atoms with Crippen molar-refractivity contribution in [1.29, 1.82) is 0 Å². The van der Waals surface area contributed by atoms with Gasteiger partial charge in [-0.3, -0.25) is 9.59 Å². The molecule has 0 heterocycles. The van der Waals surface area contributed by atoms with E-state index in [1.807, 2.05) is 0 Å². The van der Waals surface area contributed by atoms with Crippen molar-refractivity contribution in [3.05, 3.63) is 0 Å². The number of hydrogen-bond donors (Lipinski definition) is 3. The van der Waals surface area contributed by atoms with Gasteiger partial charge in [-0.25, -0.2) is 0 Å². The molecule has 5 nitrogen and oxygen atoms in total. The molecule has 2 aliphatic carbocycles. The molecule has 0 aromatic carbocycles. The highest BCUT2D eigenvalue weighted by atomic mass is 16.2. The van der Waals surface area contributed by atoms with Crippen molar-refractivity contribution < 1.29 is 9.59 Å². The predicted octanol–water partition coefficient (Wildman–Crippen LogP) is 0.146. The molecule has 0 radical (unpaired) electrons. The van der Waals surface area contributed by atoms with Crippen LogP contribution in [0.25, 0.3) is 0 Å². The number of carbonyl (C=O) groups is 2. The van der Waals surface area contributed by atoms with Crippen molar-refractivity contribution >= 4 is 11.8 Å². The molecular weight excluding hydrogens is 230 g/mol. The second-order valence-corrected chi connectivity index (χ2v) is 5.58. The minimum absolute atomic E-state index is 0.0340. The van der Waals surface area contributed by atoms with Crippen LogP contribution in [0.3, 0.4) is 0 Å². The molecule has 2 saturated carbocycles. The smallest absolute Gasteiger partial charge is 0.233 e. The first-order valence-electron chi connectivity index (χ1n) is 6.94.